The van der Waals surface area contributed by atoms with Crippen LogP contribution in [-0.2, 0) is 20.1 Å². The summed E-state index contributed by atoms with van der Waals surface area (Å²) in [4.78, 5) is 12.1. The number of benzene rings is 1. The summed E-state index contributed by atoms with van der Waals surface area (Å²) in [7, 11) is 1.80. The molecule has 0 spiro atoms. The lowest BCUT2D eigenvalue weighted by molar-refractivity contribution is 0.0946. The number of rotatable bonds is 5. The minimum Gasteiger partial charge on any atom is -0.346 e. The van der Waals surface area contributed by atoms with Gasteiger partial charge in [0.05, 0.1) is 18.9 Å². The fourth-order valence-electron chi connectivity index (χ4n) is 2.14. The molecule has 1 aromatic carbocycles. The van der Waals surface area contributed by atoms with E-state index in [2.05, 4.69) is 20.7 Å². The third-order valence-corrected chi connectivity index (χ3v) is 3.68. The molecule has 2 heterocycles. The molecule has 124 valence electrons. The van der Waals surface area contributed by atoms with Gasteiger partial charge in [0.25, 0.3) is 5.91 Å². The van der Waals surface area contributed by atoms with Crippen molar-refractivity contribution in [1.29, 1.82) is 0 Å². The van der Waals surface area contributed by atoms with Gasteiger partial charge in [0.15, 0.2) is 5.69 Å². The van der Waals surface area contributed by atoms with Crippen molar-refractivity contribution in [2.24, 2.45) is 7.05 Å². The number of nitrogens with one attached hydrogen (secondary N) is 1. The van der Waals surface area contributed by atoms with E-state index in [0.717, 1.165) is 5.56 Å². The molecule has 0 unspecified atom stereocenters. The lowest BCUT2D eigenvalue weighted by Gasteiger charge is -2.03. The van der Waals surface area contributed by atoms with E-state index in [9.17, 15) is 9.18 Å². The van der Waals surface area contributed by atoms with Gasteiger partial charge in [-0.2, -0.15) is 5.10 Å². The zero-order valence-corrected chi connectivity index (χ0v) is 13.5. The molecule has 0 radical (unpaired) electrons. The Bertz CT molecular complexity index is 874. The summed E-state index contributed by atoms with van der Waals surface area (Å²) in [5, 5.41) is 14.8. The number of carbonyl (C=O) groups is 1. The van der Waals surface area contributed by atoms with Crippen molar-refractivity contribution in [3.05, 3.63) is 64.5 Å². The molecule has 3 rings (SSSR count). The van der Waals surface area contributed by atoms with Gasteiger partial charge in [-0.1, -0.05) is 22.9 Å². The zero-order chi connectivity index (χ0) is 17.1. The molecule has 0 atom stereocenters. The van der Waals surface area contributed by atoms with E-state index in [1.165, 1.54) is 23.0 Å². The summed E-state index contributed by atoms with van der Waals surface area (Å²) in [6.45, 7) is 0.644. The Kier molecular flexibility index (Phi) is 4.57. The molecule has 0 aliphatic heterocycles. The van der Waals surface area contributed by atoms with Crippen molar-refractivity contribution >= 4 is 17.5 Å². The normalized spacial score (nSPS) is 10.8. The lowest BCUT2D eigenvalue weighted by atomic mass is 10.2. The van der Waals surface area contributed by atoms with Crippen LogP contribution in [0.25, 0.3) is 0 Å². The van der Waals surface area contributed by atoms with Crippen molar-refractivity contribution < 1.29 is 9.18 Å². The summed E-state index contributed by atoms with van der Waals surface area (Å²) in [6.07, 6.45) is 5.00. The van der Waals surface area contributed by atoms with E-state index < -0.39 is 5.82 Å². The first-order valence-corrected chi connectivity index (χ1v) is 7.49. The molecular formula is C15H14ClFN6O. The van der Waals surface area contributed by atoms with E-state index in [1.807, 2.05) is 6.20 Å². The minimum absolute atomic E-state index is 0.192. The van der Waals surface area contributed by atoms with Crippen molar-refractivity contribution in [1.82, 2.24) is 30.1 Å². The number of hydrogen-bond donors (Lipinski definition) is 1. The van der Waals surface area contributed by atoms with Gasteiger partial charge in [-0.15, -0.1) is 5.10 Å². The van der Waals surface area contributed by atoms with E-state index >= 15 is 0 Å². The standard InChI is InChI=1S/C15H14ClFN6O/c1-22-7-10(6-19-22)5-18-15(24)14-9-23(21-20-14)8-11-2-3-12(17)4-13(11)16/h2-4,6-7,9H,5,8H2,1H3,(H,18,24). The van der Waals surface area contributed by atoms with Crippen molar-refractivity contribution in [2.75, 3.05) is 0 Å². The van der Waals surface area contributed by atoms with Crippen LogP contribution in [0.3, 0.4) is 0 Å². The quantitative estimate of drug-likeness (QED) is 0.762. The third-order valence-electron chi connectivity index (χ3n) is 3.33. The van der Waals surface area contributed by atoms with Gasteiger partial charge in [-0.05, 0) is 17.7 Å². The predicted molar refractivity (Wildman–Crippen MR) is 84.9 cm³/mol. The fraction of sp³-hybridized carbons (Fsp3) is 0.200. The van der Waals surface area contributed by atoms with Crippen LogP contribution in [0, 0.1) is 5.82 Å². The summed E-state index contributed by atoms with van der Waals surface area (Å²) in [6, 6.07) is 4.12. The predicted octanol–water partition coefficient (Wildman–Crippen LogP) is 1.78. The molecule has 3 aromatic rings. The molecule has 2 aromatic heterocycles. The molecule has 0 bridgehead atoms. The van der Waals surface area contributed by atoms with Crippen molar-refractivity contribution in [3.63, 3.8) is 0 Å². The average Bonchev–Trinajstić information content (AvgIpc) is 3.17. The van der Waals surface area contributed by atoms with Gasteiger partial charge in [-0.3, -0.25) is 9.48 Å². The van der Waals surface area contributed by atoms with Crippen LogP contribution >= 0.6 is 11.6 Å². The summed E-state index contributed by atoms with van der Waals surface area (Å²) in [5.74, 6) is -0.742. The summed E-state index contributed by atoms with van der Waals surface area (Å²) >= 11 is 5.98. The van der Waals surface area contributed by atoms with Crippen LogP contribution < -0.4 is 5.32 Å². The number of amides is 1. The number of aromatic nitrogens is 5. The Morgan fingerprint density at radius 1 is 1.38 bits per heavy atom. The highest BCUT2D eigenvalue weighted by atomic mass is 35.5. The maximum Gasteiger partial charge on any atom is 0.273 e. The van der Waals surface area contributed by atoms with Crippen LogP contribution in [0.2, 0.25) is 5.02 Å². The fourth-order valence-corrected chi connectivity index (χ4v) is 2.37. The minimum atomic E-state index is -0.405. The van der Waals surface area contributed by atoms with Crippen LogP contribution in [0.4, 0.5) is 4.39 Å². The summed E-state index contributed by atoms with van der Waals surface area (Å²) < 4.78 is 16.2. The first kappa shape index (κ1) is 16.1. The van der Waals surface area contributed by atoms with Crippen LogP contribution in [-0.4, -0.2) is 30.7 Å². The number of hydrogen-bond acceptors (Lipinski definition) is 4. The van der Waals surface area contributed by atoms with Gasteiger partial charge in [-0.25, -0.2) is 9.07 Å². The lowest BCUT2D eigenvalue weighted by Crippen LogP contribution is -2.23. The van der Waals surface area contributed by atoms with Crippen LogP contribution in [0.5, 0.6) is 0 Å². The SMILES string of the molecule is Cn1cc(CNC(=O)c2cn(Cc3ccc(F)cc3Cl)nn2)cn1. The molecular weight excluding hydrogens is 335 g/mol. The molecule has 0 aliphatic rings. The largest absolute Gasteiger partial charge is 0.346 e. The Labute approximate surface area is 142 Å². The molecule has 1 amide bonds. The van der Waals surface area contributed by atoms with Gasteiger partial charge < -0.3 is 5.32 Å². The highest BCUT2D eigenvalue weighted by Crippen LogP contribution is 2.18. The monoisotopic (exact) mass is 348 g/mol. The zero-order valence-electron chi connectivity index (χ0n) is 12.8. The number of halogens is 2. The molecule has 1 N–H and O–H groups in total. The molecule has 0 saturated heterocycles. The topological polar surface area (TPSA) is 77.6 Å². The molecule has 0 saturated carbocycles. The van der Waals surface area contributed by atoms with E-state index in [4.69, 9.17) is 11.6 Å². The van der Waals surface area contributed by atoms with Crippen LogP contribution in [0.1, 0.15) is 21.6 Å². The Hall–Kier alpha value is -2.74. The second-order valence-electron chi connectivity index (χ2n) is 5.24. The van der Waals surface area contributed by atoms with Gasteiger partial charge in [0.1, 0.15) is 5.82 Å². The highest BCUT2D eigenvalue weighted by molar-refractivity contribution is 6.31. The third kappa shape index (κ3) is 3.77. The maximum absolute atomic E-state index is 13.0. The van der Waals surface area contributed by atoms with Crippen molar-refractivity contribution in [3.8, 4) is 0 Å². The Morgan fingerprint density at radius 2 is 2.21 bits per heavy atom. The molecule has 0 aliphatic carbocycles. The average molecular weight is 349 g/mol. The highest BCUT2D eigenvalue weighted by Gasteiger charge is 2.12. The van der Waals surface area contributed by atoms with E-state index in [0.29, 0.717) is 23.7 Å². The molecule has 9 heteroatoms. The number of carbonyl (C=O) groups excluding carboxylic acids is 1. The van der Waals surface area contributed by atoms with Crippen LogP contribution in [0.15, 0.2) is 36.8 Å². The first-order chi connectivity index (χ1) is 11.5. The van der Waals surface area contributed by atoms with E-state index in [1.54, 1.807) is 24.0 Å². The molecule has 7 nitrogen and oxygen atoms in total. The van der Waals surface area contributed by atoms with Crippen molar-refractivity contribution in [2.45, 2.75) is 13.1 Å². The second-order valence-corrected chi connectivity index (χ2v) is 5.65. The van der Waals surface area contributed by atoms with Gasteiger partial charge >= 0.3 is 0 Å². The van der Waals surface area contributed by atoms with E-state index in [-0.39, 0.29) is 11.6 Å². The number of aryl methyl sites for hydroxylation is 1. The first-order valence-electron chi connectivity index (χ1n) is 7.11. The Morgan fingerprint density at radius 3 is 2.92 bits per heavy atom. The number of nitrogens with zero attached hydrogens (tertiary/aromatic N) is 5. The molecule has 24 heavy (non-hydrogen) atoms. The maximum atomic E-state index is 13.0. The van der Waals surface area contributed by atoms with Gasteiger partial charge in [0.2, 0.25) is 0 Å². The Balaban J connectivity index is 1.63. The summed E-state index contributed by atoms with van der Waals surface area (Å²) in [5.41, 5.74) is 1.76. The van der Waals surface area contributed by atoms with Gasteiger partial charge in [0, 0.05) is 30.4 Å². The smallest absolute Gasteiger partial charge is 0.273 e. The second kappa shape index (κ2) is 6.79. The molecule has 0 fully saturated rings.